The van der Waals surface area contributed by atoms with E-state index in [0.29, 0.717) is 33.9 Å². The van der Waals surface area contributed by atoms with E-state index in [0.717, 1.165) is 0 Å². The van der Waals surface area contributed by atoms with Gasteiger partial charge in [0.25, 0.3) is 5.91 Å². The van der Waals surface area contributed by atoms with Gasteiger partial charge in [-0.15, -0.1) is 0 Å². The lowest BCUT2D eigenvalue weighted by atomic mass is 10.2. The molecule has 0 saturated heterocycles. The number of hydrogen-bond acceptors (Lipinski definition) is 7. The number of methoxy groups -OCH3 is 2. The number of carbonyl (C=O) groups excluding carboxylic acids is 1. The molecule has 0 bridgehead atoms. The van der Waals surface area contributed by atoms with Crippen molar-refractivity contribution in [2.45, 2.75) is 0 Å². The second-order valence-corrected chi connectivity index (χ2v) is 6.47. The molecule has 158 valence electrons. The Morgan fingerprint density at radius 2 is 1.87 bits per heavy atom. The summed E-state index contributed by atoms with van der Waals surface area (Å²) >= 11 is 0. The maximum absolute atomic E-state index is 13.0. The van der Waals surface area contributed by atoms with Crippen molar-refractivity contribution < 1.29 is 27.8 Å². The molecule has 0 fully saturated rings. The van der Waals surface area contributed by atoms with Crippen LogP contribution in [-0.4, -0.2) is 26.7 Å². The summed E-state index contributed by atoms with van der Waals surface area (Å²) in [6.45, 7) is -0.425. The quantitative estimate of drug-likeness (QED) is 0.480. The number of ether oxygens (including phenoxy) is 3. The molecule has 0 aliphatic rings. The highest BCUT2D eigenvalue weighted by atomic mass is 16.5. The van der Waals surface area contributed by atoms with E-state index in [9.17, 15) is 9.59 Å². The molecule has 8 heteroatoms. The second kappa shape index (κ2) is 8.66. The smallest absolute Gasteiger partial charge is 0.262 e. The molecule has 2 aromatic carbocycles. The summed E-state index contributed by atoms with van der Waals surface area (Å²) in [6, 6.07) is 15.1. The van der Waals surface area contributed by atoms with Gasteiger partial charge in [-0.05, 0) is 36.4 Å². The van der Waals surface area contributed by atoms with E-state index in [-0.39, 0.29) is 11.5 Å². The van der Waals surface area contributed by atoms with Gasteiger partial charge < -0.3 is 28.4 Å². The van der Waals surface area contributed by atoms with Crippen LogP contribution in [0.4, 0.5) is 5.69 Å². The standard InChI is InChI=1S/C23H19NO7/c1-27-14-9-10-16(19(12-14)28-2)24-20(25)13-30-23-21(26)15-6-3-4-7-17(15)31-22(23)18-8-5-11-29-18/h3-12H,13H2,1-2H3,(H,24,25). The third-order valence-corrected chi connectivity index (χ3v) is 4.53. The van der Waals surface area contributed by atoms with Crippen LogP contribution in [0.15, 0.2) is 74.5 Å². The predicted molar refractivity (Wildman–Crippen MR) is 114 cm³/mol. The summed E-state index contributed by atoms with van der Waals surface area (Å²) in [4.78, 5) is 25.5. The summed E-state index contributed by atoms with van der Waals surface area (Å²) in [5, 5.41) is 3.03. The van der Waals surface area contributed by atoms with E-state index in [4.69, 9.17) is 23.0 Å². The molecule has 0 spiro atoms. The van der Waals surface area contributed by atoms with Gasteiger partial charge in [-0.3, -0.25) is 9.59 Å². The van der Waals surface area contributed by atoms with Crippen LogP contribution in [-0.2, 0) is 4.79 Å². The number of nitrogens with one attached hydrogen (secondary N) is 1. The molecule has 0 unspecified atom stereocenters. The van der Waals surface area contributed by atoms with Gasteiger partial charge in [0.1, 0.15) is 17.1 Å². The van der Waals surface area contributed by atoms with Crippen molar-refractivity contribution in [3.05, 3.63) is 71.1 Å². The van der Waals surface area contributed by atoms with Gasteiger partial charge in [0.15, 0.2) is 12.4 Å². The summed E-state index contributed by atoms with van der Waals surface area (Å²) < 4.78 is 27.3. The molecule has 2 aromatic heterocycles. The first-order valence-corrected chi connectivity index (χ1v) is 9.35. The average molecular weight is 421 g/mol. The molecule has 8 nitrogen and oxygen atoms in total. The number of rotatable bonds is 7. The van der Waals surface area contributed by atoms with Crippen LogP contribution in [0.25, 0.3) is 22.5 Å². The third-order valence-electron chi connectivity index (χ3n) is 4.53. The minimum atomic E-state index is -0.485. The molecule has 1 N–H and O–H groups in total. The molecule has 1 amide bonds. The third kappa shape index (κ3) is 4.09. The molecule has 31 heavy (non-hydrogen) atoms. The molecule has 0 saturated carbocycles. The zero-order chi connectivity index (χ0) is 21.8. The fraction of sp³-hybridized carbons (Fsp3) is 0.130. The number of anilines is 1. The van der Waals surface area contributed by atoms with Crippen LogP contribution in [0, 0.1) is 0 Å². The van der Waals surface area contributed by atoms with E-state index in [1.165, 1.54) is 20.5 Å². The molecule has 0 atom stereocenters. The van der Waals surface area contributed by atoms with Crippen LogP contribution < -0.4 is 25.0 Å². The van der Waals surface area contributed by atoms with E-state index < -0.39 is 17.9 Å². The number of furan rings is 1. The Balaban J connectivity index is 1.60. The lowest BCUT2D eigenvalue weighted by Gasteiger charge is -2.13. The Bertz CT molecular complexity index is 1280. The Kier molecular flexibility index (Phi) is 5.61. The summed E-state index contributed by atoms with van der Waals surface area (Å²) in [6.07, 6.45) is 1.46. The summed E-state index contributed by atoms with van der Waals surface area (Å²) in [5.41, 5.74) is 0.426. The second-order valence-electron chi connectivity index (χ2n) is 6.47. The van der Waals surface area contributed by atoms with E-state index in [2.05, 4.69) is 5.32 Å². The average Bonchev–Trinajstić information content (AvgIpc) is 3.33. The Labute approximate surface area is 176 Å². The van der Waals surface area contributed by atoms with Crippen LogP contribution >= 0.6 is 0 Å². The molecule has 2 heterocycles. The fourth-order valence-electron chi connectivity index (χ4n) is 3.05. The van der Waals surface area contributed by atoms with Gasteiger partial charge in [0.05, 0.1) is 31.6 Å². The van der Waals surface area contributed by atoms with Crippen molar-refractivity contribution in [1.29, 1.82) is 0 Å². The van der Waals surface area contributed by atoms with Gasteiger partial charge in [-0.2, -0.15) is 0 Å². The predicted octanol–water partition coefficient (Wildman–Crippen LogP) is 4.09. The molecule has 0 aliphatic carbocycles. The summed E-state index contributed by atoms with van der Waals surface area (Å²) in [7, 11) is 3.02. The van der Waals surface area contributed by atoms with Crippen LogP contribution in [0.3, 0.4) is 0 Å². The van der Waals surface area contributed by atoms with Crippen LogP contribution in [0.5, 0.6) is 17.2 Å². The number of benzene rings is 2. The van der Waals surface area contributed by atoms with Crippen molar-refractivity contribution in [2.24, 2.45) is 0 Å². The van der Waals surface area contributed by atoms with Gasteiger partial charge >= 0.3 is 0 Å². The highest BCUT2D eigenvalue weighted by Gasteiger charge is 2.20. The number of carbonyl (C=O) groups is 1. The monoisotopic (exact) mass is 421 g/mol. The van der Waals surface area contributed by atoms with Crippen molar-refractivity contribution in [1.82, 2.24) is 0 Å². The SMILES string of the molecule is COc1ccc(NC(=O)COc2c(-c3ccco3)oc3ccccc3c2=O)c(OC)c1. The Hall–Kier alpha value is -4.20. The highest BCUT2D eigenvalue weighted by molar-refractivity contribution is 5.93. The summed E-state index contributed by atoms with van der Waals surface area (Å²) in [5.74, 6) is 0.850. The van der Waals surface area contributed by atoms with Crippen molar-refractivity contribution in [2.75, 3.05) is 26.1 Å². The number of fused-ring (bicyclic) bond motifs is 1. The molecule has 0 radical (unpaired) electrons. The first kappa shape index (κ1) is 20.1. The molecular weight excluding hydrogens is 402 g/mol. The zero-order valence-electron chi connectivity index (χ0n) is 16.8. The lowest BCUT2D eigenvalue weighted by molar-refractivity contribution is -0.118. The fourth-order valence-corrected chi connectivity index (χ4v) is 3.05. The van der Waals surface area contributed by atoms with Crippen LogP contribution in [0.1, 0.15) is 0 Å². The van der Waals surface area contributed by atoms with Gasteiger partial charge in [-0.25, -0.2) is 0 Å². The maximum Gasteiger partial charge on any atom is 0.262 e. The van der Waals surface area contributed by atoms with Crippen molar-refractivity contribution in [3.8, 4) is 28.8 Å². The molecule has 0 aliphatic heterocycles. The first-order valence-electron chi connectivity index (χ1n) is 9.35. The number of hydrogen-bond donors (Lipinski definition) is 1. The van der Waals surface area contributed by atoms with E-state index in [1.807, 2.05) is 0 Å². The zero-order valence-corrected chi connectivity index (χ0v) is 16.8. The minimum Gasteiger partial charge on any atom is -0.497 e. The first-order chi connectivity index (χ1) is 15.1. The molecule has 4 rings (SSSR count). The lowest BCUT2D eigenvalue weighted by Crippen LogP contribution is -2.23. The molecule has 4 aromatic rings. The van der Waals surface area contributed by atoms with Gasteiger partial charge in [-0.1, -0.05) is 12.1 Å². The minimum absolute atomic E-state index is 0.106. The Morgan fingerprint density at radius 1 is 1.03 bits per heavy atom. The number of amides is 1. The van der Waals surface area contributed by atoms with Gasteiger partial charge in [0, 0.05) is 6.07 Å². The van der Waals surface area contributed by atoms with Crippen molar-refractivity contribution >= 4 is 22.6 Å². The van der Waals surface area contributed by atoms with Gasteiger partial charge in [0.2, 0.25) is 16.9 Å². The topological polar surface area (TPSA) is 100 Å². The number of para-hydroxylation sites is 1. The van der Waals surface area contributed by atoms with E-state index >= 15 is 0 Å². The normalized spacial score (nSPS) is 10.6. The molecular formula is C23H19NO7. The largest absolute Gasteiger partial charge is 0.497 e. The Morgan fingerprint density at radius 3 is 2.61 bits per heavy atom. The highest BCUT2D eigenvalue weighted by Crippen LogP contribution is 2.32. The van der Waals surface area contributed by atoms with E-state index in [1.54, 1.807) is 54.6 Å². The van der Waals surface area contributed by atoms with Crippen molar-refractivity contribution in [3.63, 3.8) is 0 Å². The van der Waals surface area contributed by atoms with Crippen LogP contribution in [0.2, 0.25) is 0 Å². The maximum atomic E-state index is 13.0.